The average Bonchev–Trinajstić information content (AvgIpc) is 2.28. The van der Waals surface area contributed by atoms with E-state index in [9.17, 15) is 0 Å². The van der Waals surface area contributed by atoms with Crippen LogP contribution in [0.2, 0.25) is 0 Å². The summed E-state index contributed by atoms with van der Waals surface area (Å²) in [6, 6.07) is 8.90. The van der Waals surface area contributed by atoms with E-state index in [1.807, 2.05) is 6.07 Å². The lowest BCUT2D eigenvalue weighted by Crippen LogP contribution is -1.89. The van der Waals surface area contributed by atoms with Crippen LogP contribution in [0.3, 0.4) is 0 Å². The van der Waals surface area contributed by atoms with Gasteiger partial charge in [-0.15, -0.1) is 0 Å². The highest BCUT2D eigenvalue weighted by atomic mass is 15.2. The largest absolute Gasteiger partial charge is 0.241 e. The molecule has 0 unspecified atom stereocenters. The fourth-order valence-electron chi connectivity index (χ4n) is 1.18. The summed E-state index contributed by atoms with van der Waals surface area (Å²) >= 11 is 0. The zero-order valence-corrected chi connectivity index (χ0v) is 7.49. The van der Waals surface area contributed by atoms with E-state index in [0.29, 0.717) is 11.0 Å². The third-order valence-electron chi connectivity index (χ3n) is 1.80. The number of rotatable bonds is 1. The Morgan fingerprint density at radius 2 is 1.93 bits per heavy atom. The van der Waals surface area contributed by atoms with Gasteiger partial charge in [0.1, 0.15) is 6.07 Å². The predicted molar refractivity (Wildman–Crippen MR) is 53.1 cm³/mol. The van der Waals surface area contributed by atoms with Gasteiger partial charge in [0.05, 0.1) is 11.0 Å². The second-order valence-corrected chi connectivity index (χ2v) is 2.69. The van der Waals surface area contributed by atoms with Gasteiger partial charge in [0.2, 0.25) is 0 Å². The van der Waals surface area contributed by atoms with Gasteiger partial charge in [-0.1, -0.05) is 12.1 Å². The number of nitriles is 1. The van der Waals surface area contributed by atoms with Crippen LogP contribution < -0.4 is 0 Å². The van der Waals surface area contributed by atoms with Crippen molar-refractivity contribution in [1.82, 2.24) is 9.97 Å². The Bertz CT molecular complexity index is 606. The van der Waals surface area contributed by atoms with E-state index in [-0.39, 0.29) is 11.5 Å². The van der Waals surface area contributed by atoms with E-state index >= 15 is 0 Å². The number of fused-ring (bicyclic) bond motifs is 1. The summed E-state index contributed by atoms with van der Waals surface area (Å²) in [7, 11) is 0. The SMILES string of the molecule is N#Cc1nc2ccccc2nc1N=[N+]=[N-]. The molecule has 0 saturated heterocycles. The molecule has 0 amide bonds. The van der Waals surface area contributed by atoms with Crippen molar-refractivity contribution in [3.8, 4) is 6.07 Å². The molecule has 70 valence electrons. The van der Waals surface area contributed by atoms with Crippen LogP contribution in [0.5, 0.6) is 0 Å². The highest BCUT2D eigenvalue weighted by molar-refractivity contribution is 5.76. The Hall–Kier alpha value is -2.64. The van der Waals surface area contributed by atoms with Gasteiger partial charge in [-0.2, -0.15) is 5.26 Å². The molecule has 0 N–H and O–H groups in total. The molecule has 0 saturated carbocycles. The number of hydrogen-bond acceptors (Lipinski definition) is 4. The fourth-order valence-corrected chi connectivity index (χ4v) is 1.18. The highest BCUT2D eigenvalue weighted by Crippen LogP contribution is 2.18. The topological polar surface area (TPSA) is 98.3 Å². The smallest absolute Gasteiger partial charge is 0.169 e. The first kappa shape index (κ1) is 8.94. The quantitative estimate of drug-likeness (QED) is 0.397. The Balaban J connectivity index is 2.81. The molecule has 1 aromatic heterocycles. The van der Waals surface area contributed by atoms with E-state index < -0.39 is 0 Å². The average molecular weight is 196 g/mol. The molecule has 1 heterocycles. The molecule has 2 aromatic rings. The van der Waals surface area contributed by atoms with Crippen molar-refractivity contribution in [2.45, 2.75) is 0 Å². The summed E-state index contributed by atoms with van der Waals surface area (Å²) in [5.74, 6) is 0.0127. The van der Waals surface area contributed by atoms with Crippen LogP contribution in [0.1, 0.15) is 5.69 Å². The van der Waals surface area contributed by atoms with Crippen LogP contribution in [-0.2, 0) is 0 Å². The van der Waals surface area contributed by atoms with Crippen LogP contribution in [0.4, 0.5) is 5.82 Å². The standard InChI is InChI=1S/C9H4N6/c10-5-8-9(14-15-11)13-7-4-2-1-3-6(7)12-8/h1-4H. The number of nitrogens with zero attached hydrogens (tertiary/aromatic N) is 6. The van der Waals surface area contributed by atoms with E-state index in [4.69, 9.17) is 10.8 Å². The van der Waals surface area contributed by atoms with Crippen molar-refractivity contribution < 1.29 is 0 Å². The summed E-state index contributed by atoms with van der Waals surface area (Å²) in [4.78, 5) is 10.6. The van der Waals surface area contributed by atoms with Gasteiger partial charge in [-0.25, -0.2) is 9.97 Å². The Morgan fingerprint density at radius 3 is 2.53 bits per heavy atom. The van der Waals surface area contributed by atoms with Crippen LogP contribution >= 0.6 is 0 Å². The number of benzene rings is 1. The van der Waals surface area contributed by atoms with Gasteiger partial charge in [0.25, 0.3) is 0 Å². The van der Waals surface area contributed by atoms with Crippen molar-refractivity contribution in [3.63, 3.8) is 0 Å². The van der Waals surface area contributed by atoms with Crippen LogP contribution in [0, 0.1) is 11.3 Å². The molecule has 6 nitrogen and oxygen atoms in total. The van der Waals surface area contributed by atoms with Gasteiger partial charge in [0, 0.05) is 4.91 Å². The molecule has 0 fully saturated rings. The third kappa shape index (κ3) is 1.55. The van der Waals surface area contributed by atoms with Crippen LogP contribution in [-0.4, -0.2) is 9.97 Å². The monoisotopic (exact) mass is 196 g/mol. The van der Waals surface area contributed by atoms with E-state index in [1.54, 1.807) is 24.3 Å². The summed E-state index contributed by atoms with van der Waals surface area (Å²) in [5, 5.41) is 12.1. The van der Waals surface area contributed by atoms with Crippen LogP contribution in [0.25, 0.3) is 21.5 Å². The van der Waals surface area contributed by atoms with Gasteiger partial charge < -0.3 is 0 Å². The minimum absolute atomic E-state index is 0.0127. The third-order valence-corrected chi connectivity index (χ3v) is 1.80. The molecule has 0 aliphatic carbocycles. The molecular weight excluding hydrogens is 192 g/mol. The first-order valence-electron chi connectivity index (χ1n) is 4.07. The molecule has 0 atom stereocenters. The van der Waals surface area contributed by atoms with Gasteiger partial charge in [-0.05, 0) is 22.8 Å². The molecule has 0 bridgehead atoms. The van der Waals surface area contributed by atoms with Gasteiger partial charge >= 0.3 is 0 Å². The molecule has 2 rings (SSSR count). The molecule has 0 radical (unpaired) electrons. The predicted octanol–water partition coefficient (Wildman–Crippen LogP) is 2.44. The second-order valence-electron chi connectivity index (χ2n) is 2.69. The zero-order valence-electron chi connectivity index (χ0n) is 7.49. The lowest BCUT2D eigenvalue weighted by molar-refractivity contribution is 1.20. The lowest BCUT2D eigenvalue weighted by atomic mass is 10.3. The Labute approximate surface area is 84.4 Å². The van der Waals surface area contributed by atoms with Crippen molar-refractivity contribution >= 4 is 16.9 Å². The highest BCUT2D eigenvalue weighted by Gasteiger charge is 2.05. The fraction of sp³-hybridized carbons (Fsp3) is 0. The number of aromatic nitrogens is 2. The van der Waals surface area contributed by atoms with Crippen molar-refractivity contribution in [2.75, 3.05) is 0 Å². The molecule has 15 heavy (non-hydrogen) atoms. The summed E-state index contributed by atoms with van der Waals surface area (Å²) in [5.41, 5.74) is 9.53. The Morgan fingerprint density at radius 1 is 1.27 bits per heavy atom. The Kier molecular flexibility index (Phi) is 2.15. The van der Waals surface area contributed by atoms with Crippen molar-refractivity contribution in [3.05, 3.63) is 40.4 Å². The van der Waals surface area contributed by atoms with Crippen molar-refractivity contribution in [2.24, 2.45) is 5.11 Å². The van der Waals surface area contributed by atoms with E-state index in [1.165, 1.54) is 0 Å². The normalized spacial score (nSPS) is 9.27. The molecule has 6 heteroatoms. The first-order chi connectivity index (χ1) is 7.35. The molecule has 0 aliphatic heterocycles. The minimum atomic E-state index is 0.0127. The zero-order chi connectivity index (χ0) is 10.7. The lowest BCUT2D eigenvalue weighted by Gasteiger charge is -1.98. The van der Waals surface area contributed by atoms with Gasteiger partial charge in [-0.3, -0.25) is 0 Å². The summed E-state index contributed by atoms with van der Waals surface area (Å²) in [6.45, 7) is 0. The van der Waals surface area contributed by atoms with E-state index in [0.717, 1.165) is 0 Å². The van der Waals surface area contributed by atoms with E-state index in [2.05, 4.69) is 20.0 Å². The van der Waals surface area contributed by atoms with Gasteiger partial charge in [0.15, 0.2) is 11.5 Å². The van der Waals surface area contributed by atoms with Crippen LogP contribution in [0.15, 0.2) is 29.4 Å². The molecule has 1 aromatic carbocycles. The number of para-hydroxylation sites is 2. The molecular formula is C9H4N6. The number of azide groups is 1. The maximum atomic E-state index is 8.77. The molecule has 0 aliphatic rings. The van der Waals surface area contributed by atoms with Crippen molar-refractivity contribution in [1.29, 1.82) is 5.26 Å². The molecule has 0 spiro atoms. The maximum Gasteiger partial charge on any atom is 0.169 e. The second kappa shape index (κ2) is 3.62. The maximum absolute atomic E-state index is 8.77. The number of hydrogen-bond donors (Lipinski definition) is 0. The summed E-state index contributed by atoms with van der Waals surface area (Å²) < 4.78 is 0. The minimum Gasteiger partial charge on any atom is -0.241 e. The first-order valence-corrected chi connectivity index (χ1v) is 4.07. The summed E-state index contributed by atoms with van der Waals surface area (Å²) in [6.07, 6.45) is 0.